The van der Waals surface area contributed by atoms with Crippen LogP contribution in [0.25, 0.3) is 0 Å². The number of ether oxygens (including phenoxy) is 1. The number of nitrogens with two attached hydrogens (primary N) is 1. The van der Waals surface area contributed by atoms with Crippen molar-refractivity contribution >= 4 is 11.8 Å². The van der Waals surface area contributed by atoms with Gasteiger partial charge in [0.1, 0.15) is 17.8 Å². The average Bonchev–Trinajstić information content (AvgIpc) is 3.15. The zero-order valence-electron chi connectivity index (χ0n) is 15.1. The monoisotopic (exact) mass is 358 g/mol. The smallest absolute Gasteiger partial charge is 0.255 e. The molecule has 1 fully saturated rings. The van der Waals surface area contributed by atoms with Crippen molar-refractivity contribution in [1.82, 2.24) is 10.2 Å². The Hall–Kier alpha value is -2.59. The molecule has 2 amide bonds. The van der Waals surface area contributed by atoms with Crippen molar-refractivity contribution in [3.05, 3.63) is 29.8 Å². The Morgan fingerprint density at radius 1 is 1.42 bits per heavy atom. The van der Waals surface area contributed by atoms with E-state index in [9.17, 15) is 14.9 Å². The molecule has 1 heterocycles. The maximum absolute atomic E-state index is 12.9. The van der Waals surface area contributed by atoms with Gasteiger partial charge in [-0.15, -0.1) is 0 Å². The molecular weight excluding hydrogens is 332 g/mol. The van der Waals surface area contributed by atoms with Gasteiger partial charge >= 0.3 is 0 Å². The van der Waals surface area contributed by atoms with Gasteiger partial charge in [-0.2, -0.15) is 5.26 Å². The Morgan fingerprint density at radius 3 is 2.88 bits per heavy atom. The predicted octanol–water partition coefficient (Wildman–Crippen LogP) is 1.44. The fraction of sp³-hybridized carbons (Fsp3) is 0.526. The van der Waals surface area contributed by atoms with E-state index in [0.717, 1.165) is 19.3 Å². The fourth-order valence-corrected chi connectivity index (χ4v) is 3.18. The van der Waals surface area contributed by atoms with Crippen molar-refractivity contribution in [2.75, 3.05) is 20.2 Å². The van der Waals surface area contributed by atoms with Crippen molar-refractivity contribution in [3.8, 4) is 11.8 Å². The van der Waals surface area contributed by atoms with Crippen LogP contribution in [0.3, 0.4) is 0 Å². The molecule has 0 bridgehead atoms. The van der Waals surface area contributed by atoms with Crippen LogP contribution in [0.15, 0.2) is 24.3 Å². The maximum Gasteiger partial charge on any atom is 0.255 e. The number of hydrogen-bond acceptors (Lipinski definition) is 5. The molecule has 140 valence electrons. The molecule has 0 aromatic heterocycles. The summed E-state index contributed by atoms with van der Waals surface area (Å²) in [6, 6.07) is 7.97. The third kappa shape index (κ3) is 4.73. The molecule has 1 aromatic carbocycles. The molecule has 26 heavy (non-hydrogen) atoms. The van der Waals surface area contributed by atoms with Gasteiger partial charge in [0.15, 0.2) is 0 Å². The van der Waals surface area contributed by atoms with Crippen molar-refractivity contribution in [3.63, 3.8) is 0 Å². The number of para-hydroxylation sites is 1. The summed E-state index contributed by atoms with van der Waals surface area (Å²) in [5, 5.41) is 12.1. The summed E-state index contributed by atoms with van der Waals surface area (Å²) in [6.45, 7) is 1.08. The molecule has 7 nitrogen and oxygen atoms in total. The van der Waals surface area contributed by atoms with Gasteiger partial charge in [0, 0.05) is 6.54 Å². The summed E-state index contributed by atoms with van der Waals surface area (Å²) < 4.78 is 5.23. The molecular formula is C19H26N4O3. The summed E-state index contributed by atoms with van der Waals surface area (Å²) in [5.74, 6) is -0.107. The van der Waals surface area contributed by atoms with Crippen LogP contribution in [0.2, 0.25) is 0 Å². The molecule has 1 unspecified atom stereocenters. The van der Waals surface area contributed by atoms with Gasteiger partial charge in [0.25, 0.3) is 5.91 Å². The molecule has 0 aliphatic carbocycles. The number of likely N-dealkylation sites (tertiary alicyclic amines) is 1. The van der Waals surface area contributed by atoms with Crippen molar-refractivity contribution in [1.29, 1.82) is 5.26 Å². The highest BCUT2D eigenvalue weighted by atomic mass is 16.5. The fourth-order valence-electron chi connectivity index (χ4n) is 3.18. The molecule has 2 atom stereocenters. The van der Waals surface area contributed by atoms with E-state index in [0.29, 0.717) is 37.2 Å². The number of rotatable bonds is 8. The minimum absolute atomic E-state index is 0.200. The van der Waals surface area contributed by atoms with E-state index in [1.807, 2.05) is 0 Å². The van der Waals surface area contributed by atoms with Crippen LogP contribution in [0.1, 0.15) is 42.5 Å². The van der Waals surface area contributed by atoms with E-state index in [4.69, 9.17) is 10.5 Å². The molecule has 3 N–H and O–H groups in total. The molecule has 1 saturated heterocycles. The summed E-state index contributed by atoms with van der Waals surface area (Å²) >= 11 is 0. The molecule has 2 rings (SSSR count). The Labute approximate surface area is 154 Å². The first-order valence-corrected chi connectivity index (χ1v) is 8.96. The number of unbranched alkanes of at least 4 members (excludes halogenated alkanes) is 1. The third-order valence-corrected chi connectivity index (χ3v) is 4.59. The highest BCUT2D eigenvalue weighted by molar-refractivity contribution is 5.99. The Balaban J connectivity index is 2.14. The highest BCUT2D eigenvalue weighted by Gasteiger charge is 2.34. The minimum Gasteiger partial charge on any atom is -0.496 e. The molecule has 0 spiro atoms. The largest absolute Gasteiger partial charge is 0.496 e. The summed E-state index contributed by atoms with van der Waals surface area (Å²) in [6.07, 6.45) is 3.48. The van der Waals surface area contributed by atoms with Crippen molar-refractivity contribution < 1.29 is 14.3 Å². The standard InChI is InChI=1S/C19H26N4O3/c1-26-17-10-3-2-8-15(17)18(24)22-16(9-4-5-11-20)19(25)23-12-6-7-14(23)13-21/h2-3,8,10,14,16H,4-7,9,11-12,20H2,1H3,(H,22,24)/t14?,16-/m0/s1. The lowest BCUT2D eigenvalue weighted by molar-refractivity contribution is -0.133. The number of methoxy groups -OCH3 is 1. The molecule has 1 aliphatic rings. The summed E-state index contributed by atoms with van der Waals surface area (Å²) in [4.78, 5) is 27.2. The molecule has 1 aromatic rings. The quantitative estimate of drug-likeness (QED) is 0.684. The van der Waals surface area contributed by atoms with E-state index >= 15 is 0 Å². The van der Waals surface area contributed by atoms with E-state index in [1.54, 1.807) is 29.2 Å². The lowest BCUT2D eigenvalue weighted by Gasteiger charge is -2.26. The average molecular weight is 358 g/mol. The maximum atomic E-state index is 12.9. The number of nitrogens with zero attached hydrogens (tertiary/aromatic N) is 2. The molecule has 0 saturated carbocycles. The minimum atomic E-state index is -0.673. The number of carbonyl (C=O) groups excluding carboxylic acids is 2. The first-order chi connectivity index (χ1) is 12.6. The highest BCUT2D eigenvalue weighted by Crippen LogP contribution is 2.21. The van der Waals surface area contributed by atoms with Gasteiger partial charge in [-0.1, -0.05) is 12.1 Å². The van der Waals surface area contributed by atoms with Crippen LogP contribution in [0.4, 0.5) is 0 Å². The van der Waals surface area contributed by atoms with Crippen LogP contribution in [0.5, 0.6) is 5.75 Å². The lowest BCUT2D eigenvalue weighted by Crippen LogP contribution is -2.49. The molecule has 7 heteroatoms. The number of nitriles is 1. The normalized spacial score (nSPS) is 17.4. The molecule has 0 radical (unpaired) electrons. The summed E-state index contributed by atoms with van der Waals surface area (Å²) in [5.41, 5.74) is 5.92. The van der Waals surface area contributed by atoms with Crippen LogP contribution in [-0.2, 0) is 4.79 Å². The van der Waals surface area contributed by atoms with Gasteiger partial charge in [0.2, 0.25) is 5.91 Å². The second-order valence-corrected chi connectivity index (χ2v) is 6.33. The van der Waals surface area contributed by atoms with Gasteiger partial charge < -0.3 is 20.7 Å². The Bertz CT molecular complexity index is 671. The number of carbonyl (C=O) groups is 2. The second kappa shape index (κ2) is 9.78. The second-order valence-electron chi connectivity index (χ2n) is 6.33. The van der Waals surface area contributed by atoms with E-state index in [2.05, 4.69) is 11.4 Å². The third-order valence-electron chi connectivity index (χ3n) is 4.59. The van der Waals surface area contributed by atoms with Crippen molar-refractivity contribution in [2.24, 2.45) is 5.73 Å². The van der Waals surface area contributed by atoms with Crippen LogP contribution >= 0.6 is 0 Å². The van der Waals surface area contributed by atoms with Crippen LogP contribution in [0, 0.1) is 11.3 Å². The van der Waals surface area contributed by atoms with E-state index < -0.39 is 12.1 Å². The predicted molar refractivity (Wildman–Crippen MR) is 97.5 cm³/mol. The Morgan fingerprint density at radius 2 is 2.19 bits per heavy atom. The first kappa shape index (κ1) is 19.7. The first-order valence-electron chi connectivity index (χ1n) is 8.96. The Kier molecular flexibility index (Phi) is 7.42. The number of amides is 2. The summed E-state index contributed by atoms with van der Waals surface area (Å²) in [7, 11) is 1.50. The number of benzene rings is 1. The zero-order valence-corrected chi connectivity index (χ0v) is 15.1. The SMILES string of the molecule is COc1ccccc1C(=O)N[C@@H](CCCCN)C(=O)N1CCCC1C#N. The number of hydrogen-bond donors (Lipinski definition) is 2. The lowest BCUT2D eigenvalue weighted by atomic mass is 10.1. The van der Waals surface area contributed by atoms with Gasteiger partial charge in [0.05, 0.1) is 18.7 Å². The van der Waals surface area contributed by atoms with E-state index in [1.165, 1.54) is 7.11 Å². The van der Waals surface area contributed by atoms with Gasteiger partial charge in [-0.3, -0.25) is 9.59 Å². The van der Waals surface area contributed by atoms with E-state index in [-0.39, 0.29) is 11.8 Å². The van der Waals surface area contributed by atoms with Crippen molar-refractivity contribution in [2.45, 2.75) is 44.2 Å². The van der Waals surface area contributed by atoms with Gasteiger partial charge in [-0.05, 0) is 50.8 Å². The zero-order chi connectivity index (χ0) is 18.9. The molecule has 1 aliphatic heterocycles. The topological polar surface area (TPSA) is 108 Å². The number of nitrogens with one attached hydrogen (secondary N) is 1. The van der Waals surface area contributed by atoms with Gasteiger partial charge in [-0.25, -0.2) is 0 Å². The van der Waals surface area contributed by atoms with Crippen LogP contribution in [-0.4, -0.2) is 49.0 Å². The van der Waals surface area contributed by atoms with Crippen LogP contribution < -0.4 is 15.8 Å².